The molecule has 0 unspecified atom stereocenters. The van der Waals surface area contributed by atoms with Crippen molar-refractivity contribution in [2.45, 2.75) is 139 Å². The number of carbonyl (C=O) groups excluding carboxylic acids is 11. The van der Waals surface area contributed by atoms with Crippen molar-refractivity contribution >= 4 is 104 Å². The van der Waals surface area contributed by atoms with Gasteiger partial charge in [-0.3, -0.25) is 58.1 Å². The average molecular weight is 1430 g/mol. The number of halogens is 1. The molecule has 0 radical (unpaired) electrons. The number of nitrogens with two attached hydrogens (primary N) is 2. The van der Waals surface area contributed by atoms with Crippen molar-refractivity contribution in [1.82, 2.24) is 68.0 Å². The Morgan fingerprint density at radius 3 is 1.46 bits per heavy atom. The third-order valence-corrected chi connectivity index (χ3v) is 17.7. The van der Waals surface area contributed by atoms with E-state index < -0.39 is 133 Å². The Labute approximate surface area is 599 Å². The summed E-state index contributed by atoms with van der Waals surface area (Å²) >= 11 is 6.24. The van der Waals surface area contributed by atoms with E-state index in [1.165, 1.54) is 36.1 Å². The first kappa shape index (κ1) is 77.4. The van der Waals surface area contributed by atoms with Gasteiger partial charge in [-0.15, -0.1) is 0 Å². The molecule has 11 amide bonds. The Kier molecular flexibility index (Phi) is 28.1. The van der Waals surface area contributed by atoms with Gasteiger partial charge in [0.1, 0.15) is 60.1 Å². The molecule has 29 nitrogen and oxygen atoms in total. The summed E-state index contributed by atoms with van der Waals surface area (Å²) in [6.45, 7) is 3.60. The number of phenolic OH excluding ortho intramolecular Hbond substituents is 1. The van der Waals surface area contributed by atoms with Gasteiger partial charge >= 0.3 is 0 Å². The number of benzene rings is 5. The first-order valence-corrected chi connectivity index (χ1v) is 34.3. The summed E-state index contributed by atoms with van der Waals surface area (Å²) in [5.74, 6) is -9.53. The van der Waals surface area contributed by atoms with Crippen molar-refractivity contribution in [1.29, 1.82) is 5.41 Å². The van der Waals surface area contributed by atoms with E-state index in [1.807, 2.05) is 0 Å². The topological polar surface area (TPSA) is 459 Å². The lowest BCUT2D eigenvalue weighted by atomic mass is 9.99. The van der Waals surface area contributed by atoms with Crippen molar-refractivity contribution in [3.05, 3.63) is 173 Å². The summed E-state index contributed by atoms with van der Waals surface area (Å²) in [4.78, 5) is 164. The van der Waals surface area contributed by atoms with Crippen LogP contribution in [0.15, 0.2) is 140 Å². The third-order valence-electron chi connectivity index (χ3n) is 17.5. The van der Waals surface area contributed by atoms with Gasteiger partial charge in [-0.1, -0.05) is 116 Å². The van der Waals surface area contributed by atoms with Crippen LogP contribution in [-0.2, 0) is 84.8 Å². The number of hydrogen-bond donors (Lipinski definition) is 17. The molecule has 0 bridgehead atoms. The summed E-state index contributed by atoms with van der Waals surface area (Å²) < 4.78 is 0. The zero-order valence-corrected chi connectivity index (χ0v) is 58.1. The number of aromatic hydroxyl groups is 1. The molecule has 19 N–H and O–H groups in total. The zero-order chi connectivity index (χ0) is 74.3. The second-order valence-corrected chi connectivity index (χ2v) is 26.3. The molecule has 5 aromatic carbocycles. The zero-order valence-electron chi connectivity index (χ0n) is 57.3. The summed E-state index contributed by atoms with van der Waals surface area (Å²) in [5.41, 5.74) is 15.0. The number of fused-ring (bicyclic) bond motifs is 2. The first-order chi connectivity index (χ1) is 49.3. The molecule has 9 atom stereocenters. The van der Waals surface area contributed by atoms with Crippen LogP contribution in [0.2, 0.25) is 5.02 Å². The number of guanidine groups is 1. The quantitative estimate of drug-likeness (QED) is 0.0150. The van der Waals surface area contributed by atoms with Gasteiger partial charge in [0.2, 0.25) is 65.0 Å². The van der Waals surface area contributed by atoms with Gasteiger partial charge in [0.15, 0.2) is 5.96 Å². The Hall–Kier alpha value is -11.3. The molecule has 103 heavy (non-hydrogen) atoms. The number of aromatic nitrogens is 2. The molecule has 1 saturated heterocycles. The van der Waals surface area contributed by atoms with Gasteiger partial charge in [0.25, 0.3) is 0 Å². The van der Waals surface area contributed by atoms with Crippen LogP contribution < -0.4 is 64.6 Å². The molecule has 7 aromatic rings. The molecule has 1 aliphatic rings. The maximum absolute atomic E-state index is 15.2. The fraction of sp³-hybridized carbons (Fsp3) is 0.370. The summed E-state index contributed by atoms with van der Waals surface area (Å²) in [6, 6.07) is 22.7. The van der Waals surface area contributed by atoms with E-state index >= 15 is 9.59 Å². The number of aliphatic hydroxyl groups excluding tert-OH is 1. The maximum Gasteiger partial charge on any atom is 0.245 e. The summed E-state index contributed by atoms with van der Waals surface area (Å²) in [6.07, 6.45) is 3.38. The van der Waals surface area contributed by atoms with E-state index in [0.717, 1.165) is 0 Å². The van der Waals surface area contributed by atoms with Crippen LogP contribution in [-0.4, -0.2) is 177 Å². The predicted octanol–water partition coefficient (Wildman–Crippen LogP) is 1.31. The molecule has 8 rings (SSSR count). The third kappa shape index (κ3) is 22.8. The van der Waals surface area contributed by atoms with E-state index in [9.17, 15) is 53.4 Å². The molecule has 1 fully saturated rings. The van der Waals surface area contributed by atoms with Crippen molar-refractivity contribution in [3.63, 3.8) is 0 Å². The number of nitrogens with one attached hydrogen (secondary N) is 13. The molecule has 0 saturated carbocycles. The molecule has 3 heterocycles. The first-order valence-electron chi connectivity index (χ1n) is 33.9. The maximum atomic E-state index is 15.2. The Morgan fingerprint density at radius 1 is 0.544 bits per heavy atom. The fourth-order valence-electron chi connectivity index (χ4n) is 12.3. The average Bonchev–Trinajstić information content (AvgIpc) is 1.73. The van der Waals surface area contributed by atoms with E-state index in [2.05, 4.69) is 63.1 Å². The number of aliphatic hydroxyl groups is 1. The number of primary amides is 1. The van der Waals surface area contributed by atoms with Gasteiger partial charge in [-0.05, 0) is 102 Å². The van der Waals surface area contributed by atoms with Crippen molar-refractivity contribution < 1.29 is 63.0 Å². The lowest BCUT2D eigenvalue weighted by Gasteiger charge is -2.30. The summed E-state index contributed by atoms with van der Waals surface area (Å²) in [5, 5.41) is 57.7. The number of rotatable bonds is 36. The minimum absolute atomic E-state index is 0.0101. The number of nitrogens with zero attached hydrogens (tertiary/aromatic N) is 1. The Bertz CT molecular complexity index is 4150. The highest BCUT2D eigenvalue weighted by atomic mass is 35.5. The minimum Gasteiger partial charge on any atom is -0.508 e. The second-order valence-electron chi connectivity index (χ2n) is 25.9. The van der Waals surface area contributed by atoms with E-state index in [1.54, 1.807) is 129 Å². The normalized spacial score (nSPS) is 15.0. The SMILES string of the molecule is CC(=O)N[C@H](Cc1ccccc1)C(=O)N[C@@H](Cc1ccc(Cl)cc1)C(=O)N[C@H](Cc1c[nH]c2ccccc12)C(=O)N[C@@H](CO)C(=O)N[C@@H](Cc1ccc(O)cc1)C(=O)N[C@H](Cc1c[nH]c2ccccc12)C(=O)N[C@@H](CC(C)C)C(=O)N[C@@H](CCCNC(=N)N)C(=O)N1CCC[C@H]1C(=O)NCC(N)=O. The van der Waals surface area contributed by atoms with Gasteiger partial charge < -0.3 is 89.7 Å². The van der Waals surface area contributed by atoms with Gasteiger partial charge in [0.05, 0.1) is 13.2 Å². The number of carbonyl (C=O) groups is 11. The molecule has 0 aliphatic carbocycles. The van der Waals surface area contributed by atoms with Crippen LogP contribution in [0.25, 0.3) is 21.8 Å². The molecule has 0 spiro atoms. The smallest absolute Gasteiger partial charge is 0.245 e. The highest BCUT2D eigenvalue weighted by molar-refractivity contribution is 6.30. The van der Waals surface area contributed by atoms with Crippen LogP contribution in [0, 0.1) is 11.3 Å². The summed E-state index contributed by atoms with van der Waals surface area (Å²) in [7, 11) is 0. The van der Waals surface area contributed by atoms with E-state index in [4.69, 9.17) is 28.5 Å². The predicted molar refractivity (Wildman–Crippen MR) is 385 cm³/mol. The standard InChI is InChI=1S/C73H89ClN16O13/c1-41(2)31-55(64(95)83-54(19-11-29-78-73(76)77)72(103)90-30-12-20-62(90)71(102)81-39-63(75)94)84-68(99)59(35-46-37-79-52-17-9-7-15-50(46)52)87-67(98)58(34-45-23-27-49(93)28-24-45)86-70(101)61(40-91)89-69(100)60(36-47-38-80-53-18-10-8-16-51(47)53)88-66(97)57(33-44-21-25-48(74)26-22-44)85-65(96)56(82-42(3)92)32-43-13-5-4-6-14-43/h4-10,13-18,21-28,37-38,41,54-62,79-80,91,93H,11-12,19-20,29-36,39-40H2,1-3H3,(H2,75,94)(H,81,102)(H,82,92)(H,83,95)(H,84,99)(H,85,96)(H,86,101)(H,87,98)(H,88,97)(H,89,100)(H4,76,77,78)/t54-,55-,56+,57-,58-,59+,60+,61-,62-/m0/s1. The number of phenols is 1. The Balaban J connectivity index is 1.07. The van der Waals surface area contributed by atoms with Crippen LogP contribution in [0.4, 0.5) is 0 Å². The van der Waals surface area contributed by atoms with Crippen LogP contribution in [0.5, 0.6) is 5.75 Å². The number of aromatic amines is 2. The van der Waals surface area contributed by atoms with Gasteiger partial charge in [-0.25, -0.2) is 0 Å². The number of H-pyrrole nitrogens is 2. The van der Waals surface area contributed by atoms with Crippen LogP contribution in [0.1, 0.15) is 80.7 Å². The fourth-order valence-corrected chi connectivity index (χ4v) is 12.4. The lowest BCUT2D eigenvalue weighted by Crippen LogP contribution is -2.62. The molecular weight excluding hydrogens is 1340 g/mol. The number of amides is 11. The largest absolute Gasteiger partial charge is 0.508 e. The van der Waals surface area contributed by atoms with Crippen molar-refractivity contribution in [2.75, 3.05) is 26.2 Å². The second kappa shape index (κ2) is 37.4. The monoisotopic (exact) mass is 1430 g/mol. The van der Waals surface area contributed by atoms with Crippen molar-refractivity contribution in [2.24, 2.45) is 17.4 Å². The molecule has 30 heteroatoms. The van der Waals surface area contributed by atoms with Gasteiger partial charge in [-0.2, -0.15) is 0 Å². The number of likely N-dealkylation sites (tertiary alicyclic amines) is 1. The van der Waals surface area contributed by atoms with Gasteiger partial charge in [0, 0.05) is 91.3 Å². The molecule has 2 aromatic heterocycles. The molecule has 1 aliphatic heterocycles. The number of hydrogen-bond acceptors (Lipinski definition) is 14. The minimum atomic E-state index is -1.83. The molecular formula is C73H89ClN16O13. The lowest BCUT2D eigenvalue weighted by molar-refractivity contribution is -0.142. The highest BCUT2D eigenvalue weighted by Gasteiger charge is 2.40. The van der Waals surface area contributed by atoms with Crippen LogP contribution >= 0.6 is 11.6 Å². The van der Waals surface area contributed by atoms with Crippen molar-refractivity contribution in [3.8, 4) is 5.75 Å². The number of para-hydroxylation sites is 2. The molecule has 546 valence electrons. The van der Waals surface area contributed by atoms with Crippen LogP contribution in [0.3, 0.4) is 0 Å². The van der Waals surface area contributed by atoms with E-state index in [-0.39, 0.29) is 88.5 Å². The highest BCUT2D eigenvalue weighted by Crippen LogP contribution is 2.24. The Morgan fingerprint density at radius 2 is 0.971 bits per heavy atom. The van der Waals surface area contributed by atoms with E-state index in [0.29, 0.717) is 61.1 Å².